The fourth-order valence-electron chi connectivity index (χ4n) is 2.04. The van der Waals surface area contributed by atoms with Crippen molar-refractivity contribution in [1.29, 1.82) is 0 Å². The number of Topliss-reactive ketones (excluding diaryl/α,β-unsaturated/α-hetero) is 1. The lowest BCUT2D eigenvalue weighted by molar-refractivity contribution is -0.117. The maximum atomic E-state index is 11.7. The van der Waals surface area contributed by atoms with Crippen LogP contribution in [-0.4, -0.2) is 18.2 Å². The van der Waals surface area contributed by atoms with Crippen LogP contribution in [0.1, 0.15) is 24.5 Å². The highest BCUT2D eigenvalue weighted by atomic mass is 16.5. The summed E-state index contributed by atoms with van der Waals surface area (Å²) in [7, 11) is 0. The first kappa shape index (κ1) is 17.5. The molecule has 0 bridgehead atoms. The van der Waals surface area contributed by atoms with Crippen molar-refractivity contribution in [1.82, 2.24) is 5.32 Å². The van der Waals surface area contributed by atoms with Gasteiger partial charge in [-0.05, 0) is 36.3 Å². The largest absolute Gasteiger partial charge is 0.489 e. The molecule has 0 heterocycles. The van der Waals surface area contributed by atoms with Gasteiger partial charge in [-0.15, -0.1) is 0 Å². The second-order valence-corrected chi connectivity index (χ2v) is 5.42. The minimum atomic E-state index is -0.216. The van der Waals surface area contributed by atoms with Gasteiger partial charge in [0.15, 0.2) is 0 Å². The summed E-state index contributed by atoms with van der Waals surface area (Å²) < 4.78 is 5.76. The minimum Gasteiger partial charge on any atom is -0.489 e. The molecule has 0 radical (unpaired) electrons. The monoisotopic (exact) mass is 323 g/mol. The fraction of sp³-hybridized carbons (Fsp3) is 0.200. The van der Waals surface area contributed by atoms with Crippen LogP contribution in [0.4, 0.5) is 0 Å². The molecule has 0 atom stereocenters. The lowest BCUT2D eigenvalue weighted by atomic mass is 10.2. The SMILES string of the molecule is CC(=O)CCNC(=O)/C=C/c1cccc(OCc2ccccc2)c1. The van der Waals surface area contributed by atoms with Crippen molar-refractivity contribution in [2.24, 2.45) is 0 Å². The molecular formula is C20H21NO3. The number of carbonyl (C=O) groups excluding carboxylic acids is 2. The zero-order chi connectivity index (χ0) is 17.2. The van der Waals surface area contributed by atoms with Gasteiger partial charge >= 0.3 is 0 Å². The molecule has 0 aliphatic heterocycles. The van der Waals surface area contributed by atoms with Gasteiger partial charge in [-0.25, -0.2) is 0 Å². The molecule has 0 fully saturated rings. The van der Waals surface area contributed by atoms with E-state index >= 15 is 0 Å². The number of hydrogen-bond acceptors (Lipinski definition) is 3. The van der Waals surface area contributed by atoms with Crippen LogP contribution in [0.5, 0.6) is 5.75 Å². The van der Waals surface area contributed by atoms with Crippen LogP contribution < -0.4 is 10.1 Å². The van der Waals surface area contributed by atoms with Crippen LogP contribution in [0, 0.1) is 0 Å². The summed E-state index contributed by atoms with van der Waals surface area (Å²) >= 11 is 0. The Bertz CT molecular complexity index is 708. The Hall–Kier alpha value is -2.88. The van der Waals surface area contributed by atoms with Crippen LogP contribution in [0.2, 0.25) is 0 Å². The number of ketones is 1. The summed E-state index contributed by atoms with van der Waals surface area (Å²) in [6, 6.07) is 17.5. The lowest BCUT2D eigenvalue weighted by Gasteiger charge is -2.07. The van der Waals surface area contributed by atoms with Gasteiger partial charge in [0.25, 0.3) is 0 Å². The van der Waals surface area contributed by atoms with Gasteiger partial charge in [-0.2, -0.15) is 0 Å². The molecule has 0 saturated carbocycles. The summed E-state index contributed by atoms with van der Waals surface area (Å²) in [6.45, 7) is 2.36. The average molecular weight is 323 g/mol. The Kier molecular flexibility index (Phi) is 6.77. The van der Waals surface area contributed by atoms with Gasteiger partial charge in [-0.3, -0.25) is 9.59 Å². The van der Waals surface area contributed by atoms with E-state index in [-0.39, 0.29) is 11.7 Å². The third kappa shape index (κ3) is 6.48. The van der Waals surface area contributed by atoms with Crippen molar-refractivity contribution in [3.8, 4) is 5.75 Å². The summed E-state index contributed by atoms with van der Waals surface area (Å²) in [5.41, 5.74) is 1.98. The summed E-state index contributed by atoms with van der Waals surface area (Å²) in [5.74, 6) is 0.590. The molecule has 0 saturated heterocycles. The summed E-state index contributed by atoms with van der Waals surface area (Å²) in [5, 5.41) is 2.67. The van der Waals surface area contributed by atoms with E-state index in [0.717, 1.165) is 16.9 Å². The highest BCUT2D eigenvalue weighted by Crippen LogP contribution is 2.16. The number of hydrogen-bond donors (Lipinski definition) is 1. The molecule has 2 rings (SSSR count). The quantitative estimate of drug-likeness (QED) is 0.758. The number of benzene rings is 2. The predicted octanol–water partition coefficient (Wildman–Crippen LogP) is 3.37. The molecule has 1 amide bonds. The molecule has 0 aliphatic carbocycles. The van der Waals surface area contributed by atoms with Crippen molar-refractivity contribution in [3.05, 3.63) is 71.8 Å². The van der Waals surface area contributed by atoms with E-state index in [4.69, 9.17) is 4.74 Å². The van der Waals surface area contributed by atoms with Crippen LogP contribution in [-0.2, 0) is 16.2 Å². The van der Waals surface area contributed by atoms with Gasteiger partial charge in [0.2, 0.25) is 5.91 Å². The highest BCUT2D eigenvalue weighted by molar-refractivity contribution is 5.92. The predicted molar refractivity (Wildman–Crippen MR) is 94.6 cm³/mol. The van der Waals surface area contributed by atoms with Crippen molar-refractivity contribution in [2.45, 2.75) is 20.0 Å². The van der Waals surface area contributed by atoms with E-state index in [2.05, 4.69) is 5.32 Å². The molecule has 0 aliphatic rings. The lowest BCUT2D eigenvalue weighted by Crippen LogP contribution is -2.23. The molecule has 4 heteroatoms. The number of nitrogens with one attached hydrogen (secondary N) is 1. The van der Waals surface area contributed by atoms with Crippen LogP contribution >= 0.6 is 0 Å². The molecule has 2 aromatic carbocycles. The molecule has 2 aromatic rings. The number of ether oxygens (including phenoxy) is 1. The van der Waals surface area contributed by atoms with Crippen molar-refractivity contribution in [2.75, 3.05) is 6.54 Å². The van der Waals surface area contributed by atoms with E-state index in [9.17, 15) is 9.59 Å². The van der Waals surface area contributed by atoms with Gasteiger partial charge in [0, 0.05) is 19.0 Å². The number of rotatable bonds is 8. The first-order valence-corrected chi connectivity index (χ1v) is 7.85. The van der Waals surface area contributed by atoms with Gasteiger partial charge in [0.05, 0.1) is 0 Å². The average Bonchev–Trinajstić information content (AvgIpc) is 2.59. The highest BCUT2D eigenvalue weighted by Gasteiger charge is 1.99. The number of amides is 1. The Balaban J connectivity index is 1.86. The van der Waals surface area contributed by atoms with Crippen molar-refractivity contribution in [3.63, 3.8) is 0 Å². The summed E-state index contributed by atoms with van der Waals surface area (Å²) in [6.07, 6.45) is 3.53. The zero-order valence-corrected chi connectivity index (χ0v) is 13.7. The molecule has 0 spiro atoms. The van der Waals surface area contributed by atoms with E-state index in [1.807, 2.05) is 54.6 Å². The number of carbonyl (C=O) groups is 2. The molecule has 4 nitrogen and oxygen atoms in total. The normalized spacial score (nSPS) is 10.5. The second-order valence-electron chi connectivity index (χ2n) is 5.42. The Morgan fingerprint density at radius 2 is 1.88 bits per heavy atom. The topological polar surface area (TPSA) is 55.4 Å². The Morgan fingerprint density at radius 3 is 2.62 bits per heavy atom. The standard InChI is InChI=1S/C20H21NO3/c1-16(22)12-13-21-20(23)11-10-17-8-5-9-19(14-17)24-15-18-6-3-2-4-7-18/h2-11,14H,12-13,15H2,1H3,(H,21,23)/b11-10+. The first-order valence-electron chi connectivity index (χ1n) is 7.85. The van der Waals surface area contributed by atoms with Gasteiger partial charge < -0.3 is 10.1 Å². The minimum absolute atomic E-state index is 0.0579. The molecule has 1 N–H and O–H groups in total. The Morgan fingerprint density at radius 1 is 1.08 bits per heavy atom. The molecule has 0 aromatic heterocycles. The maximum absolute atomic E-state index is 11.7. The summed E-state index contributed by atoms with van der Waals surface area (Å²) in [4.78, 5) is 22.5. The van der Waals surface area contributed by atoms with Crippen molar-refractivity contribution >= 4 is 17.8 Å². The third-order valence-corrected chi connectivity index (χ3v) is 3.31. The van der Waals surface area contributed by atoms with Crippen LogP contribution in [0.3, 0.4) is 0 Å². The molecular weight excluding hydrogens is 302 g/mol. The molecule has 24 heavy (non-hydrogen) atoms. The van der Waals surface area contributed by atoms with Crippen molar-refractivity contribution < 1.29 is 14.3 Å². The zero-order valence-electron chi connectivity index (χ0n) is 13.7. The van der Waals surface area contributed by atoms with E-state index in [0.29, 0.717) is 19.6 Å². The van der Waals surface area contributed by atoms with Crippen LogP contribution in [0.25, 0.3) is 6.08 Å². The van der Waals surface area contributed by atoms with E-state index in [1.165, 1.54) is 13.0 Å². The fourth-order valence-corrected chi connectivity index (χ4v) is 2.04. The van der Waals surface area contributed by atoms with Gasteiger partial charge in [-0.1, -0.05) is 42.5 Å². The van der Waals surface area contributed by atoms with E-state index in [1.54, 1.807) is 6.08 Å². The molecule has 124 valence electrons. The second kappa shape index (κ2) is 9.30. The smallest absolute Gasteiger partial charge is 0.244 e. The third-order valence-electron chi connectivity index (χ3n) is 3.31. The van der Waals surface area contributed by atoms with Gasteiger partial charge in [0.1, 0.15) is 18.1 Å². The maximum Gasteiger partial charge on any atom is 0.244 e. The van der Waals surface area contributed by atoms with Crippen LogP contribution in [0.15, 0.2) is 60.7 Å². The molecule has 0 unspecified atom stereocenters. The Labute approximate surface area is 142 Å². The first-order chi connectivity index (χ1) is 11.6. The van der Waals surface area contributed by atoms with E-state index < -0.39 is 0 Å².